The van der Waals surface area contributed by atoms with Crippen LogP contribution in [0.3, 0.4) is 0 Å². The third-order valence-corrected chi connectivity index (χ3v) is 4.88. The molecule has 2 N–H and O–H groups in total. The number of amides is 1. The molecule has 0 spiro atoms. The Hall–Kier alpha value is -2.51. The zero-order valence-corrected chi connectivity index (χ0v) is 16.5. The van der Waals surface area contributed by atoms with Crippen LogP contribution < -0.4 is 10.6 Å². The minimum Gasteiger partial charge on any atom is -0.350 e. The van der Waals surface area contributed by atoms with Gasteiger partial charge in [-0.05, 0) is 57.1 Å². The van der Waals surface area contributed by atoms with Gasteiger partial charge in [0, 0.05) is 24.1 Å². The Morgan fingerprint density at radius 2 is 2.04 bits per heavy atom. The van der Waals surface area contributed by atoms with Crippen LogP contribution >= 0.6 is 12.4 Å². The maximum atomic E-state index is 13.3. The van der Waals surface area contributed by atoms with E-state index in [0.717, 1.165) is 18.5 Å². The molecular formula is C20H22ClFN4O2. The topological polar surface area (TPSA) is 80.0 Å². The summed E-state index contributed by atoms with van der Waals surface area (Å²) >= 11 is 0. The molecule has 1 atom stereocenters. The smallest absolute Gasteiger partial charge is 0.259 e. The second kappa shape index (κ2) is 8.24. The summed E-state index contributed by atoms with van der Waals surface area (Å²) in [4.78, 5) is 17.4. The average molecular weight is 405 g/mol. The van der Waals surface area contributed by atoms with Crippen LogP contribution in [-0.4, -0.2) is 35.7 Å². The number of nitrogens with zero attached hydrogens (tertiary/aromatic N) is 2. The number of nitrogens with one attached hydrogen (secondary N) is 2. The van der Waals surface area contributed by atoms with Crippen molar-refractivity contribution in [2.24, 2.45) is 0 Å². The van der Waals surface area contributed by atoms with Crippen molar-refractivity contribution >= 4 is 29.4 Å². The molecule has 4 rings (SSSR count). The maximum Gasteiger partial charge on any atom is 0.259 e. The third kappa shape index (κ3) is 4.00. The van der Waals surface area contributed by atoms with Crippen LogP contribution in [0, 0.1) is 5.82 Å². The number of hydrogen-bond donors (Lipinski definition) is 2. The van der Waals surface area contributed by atoms with Crippen molar-refractivity contribution in [3.05, 3.63) is 47.4 Å². The lowest BCUT2D eigenvalue weighted by molar-refractivity contribution is 0.0952. The first-order chi connectivity index (χ1) is 13.1. The van der Waals surface area contributed by atoms with Crippen LogP contribution in [0.4, 0.5) is 4.39 Å². The van der Waals surface area contributed by atoms with Gasteiger partial charge in [-0.2, -0.15) is 0 Å². The molecule has 2 heterocycles. The Morgan fingerprint density at radius 3 is 2.68 bits per heavy atom. The number of halogens is 2. The first-order valence-electron chi connectivity index (χ1n) is 9.08. The highest BCUT2D eigenvalue weighted by Crippen LogP contribution is 2.43. The number of hydrogen-bond acceptors (Lipinski definition) is 5. The molecule has 1 aliphatic rings. The summed E-state index contributed by atoms with van der Waals surface area (Å²) in [6.45, 7) is 2.48. The lowest BCUT2D eigenvalue weighted by Crippen LogP contribution is -2.37. The lowest BCUT2D eigenvalue weighted by Gasteiger charge is -2.12. The first kappa shape index (κ1) is 20.2. The quantitative estimate of drug-likeness (QED) is 0.655. The fourth-order valence-corrected chi connectivity index (χ4v) is 3.00. The molecule has 0 aliphatic heterocycles. The largest absolute Gasteiger partial charge is 0.350 e. The van der Waals surface area contributed by atoms with Crippen molar-refractivity contribution in [1.29, 1.82) is 0 Å². The summed E-state index contributed by atoms with van der Waals surface area (Å²) in [6, 6.07) is 7.88. The molecule has 28 heavy (non-hydrogen) atoms. The molecule has 8 heteroatoms. The molecule has 3 aromatic rings. The lowest BCUT2D eigenvalue weighted by atomic mass is 10.0. The van der Waals surface area contributed by atoms with Gasteiger partial charge in [0.15, 0.2) is 0 Å². The summed E-state index contributed by atoms with van der Waals surface area (Å²) in [6.07, 6.45) is 2.08. The van der Waals surface area contributed by atoms with Crippen molar-refractivity contribution < 1.29 is 13.7 Å². The zero-order valence-electron chi connectivity index (χ0n) is 15.7. The Kier molecular flexibility index (Phi) is 5.96. The van der Waals surface area contributed by atoms with Gasteiger partial charge >= 0.3 is 0 Å². The van der Waals surface area contributed by atoms with Crippen LogP contribution in [-0.2, 0) is 0 Å². The van der Waals surface area contributed by atoms with Gasteiger partial charge in [0.2, 0.25) is 0 Å². The number of pyridine rings is 1. The highest BCUT2D eigenvalue weighted by Gasteiger charge is 2.32. The number of fused-ring (bicyclic) bond motifs is 1. The van der Waals surface area contributed by atoms with Gasteiger partial charge in [-0.1, -0.05) is 5.16 Å². The molecule has 1 aromatic carbocycles. The minimum atomic E-state index is -0.325. The normalized spacial score (nSPS) is 14.5. The van der Waals surface area contributed by atoms with Gasteiger partial charge in [0.25, 0.3) is 11.6 Å². The number of aromatic nitrogens is 2. The second-order valence-corrected chi connectivity index (χ2v) is 6.98. The van der Waals surface area contributed by atoms with Crippen molar-refractivity contribution in [3.8, 4) is 11.3 Å². The summed E-state index contributed by atoms with van der Waals surface area (Å²) in [7, 11) is 1.85. The molecule has 1 unspecified atom stereocenters. The van der Waals surface area contributed by atoms with Crippen molar-refractivity contribution in [3.63, 3.8) is 0 Å². The Morgan fingerprint density at radius 1 is 1.32 bits per heavy atom. The molecule has 0 radical (unpaired) electrons. The molecule has 6 nitrogen and oxygen atoms in total. The molecule has 0 saturated heterocycles. The van der Waals surface area contributed by atoms with E-state index in [2.05, 4.69) is 20.8 Å². The van der Waals surface area contributed by atoms with E-state index in [1.54, 1.807) is 18.2 Å². The van der Waals surface area contributed by atoms with Crippen LogP contribution in [0.1, 0.15) is 41.7 Å². The number of carbonyl (C=O) groups is 1. The average Bonchev–Trinajstić information content (AvgIpc) is 3.44. The highest BCUT2D eigenvalue weighted by molar-refractivity contribution is 6.07. The molecule has 2 aromatic heterocycles. The van der Waals surface area contributed by atoms with E-state index in [9.17, 15) is 9.18 Å². The molecule has 0 bridgehead atoms. The minimum absolute atomic E-state index is 0. The summed E-state index contributed by atoms with van der Waals surface area (Å²) in [5.74, 6) is -0.194. The van der Waals surface area contributed by atoms with Crippen molar-refractivity contribution in [1.82, 2.24) is 20.8 Å². The number of rotatable bonds is 6. The van der Waals surface area contributed by atoms with Gasteiger partial charge in [-0.25, -0.2) is 9.37 Å². The van der Waals surface area contributed by atoms with Crippen molar-refractivity contribution in [2.45, 2.75) is 31.7 Å². The summed E-state index contributed by atoms with van der Waals surface area (Å²) in [5.41, 5.74) is 2.89. The molecule has 1 saturated carbocycles. The number of benzene rings is 1. The van der Waals surface area contributed by atoms with E-state index in [4.69, 9.17) is 4.52 Å². The second-order valence-electron chi connectivity index (χ2n) is 6.98. The van der Waals surface area contributed by atoms with Crippen LogP contribution in [0.2, 0.25) is 0 Å². The van der Waals surface area contributed by atoms with Crippen LogP contribution in [0.25, 0.3) is 22.4 Å². The predicted octanol–water partition coefficient (Wildman–Crippen LogP) is 3.67. The summed E-state index contributed by atoms with van der Waals surface area (Å²) in [5, 5.41) is 10.9. The first-order valence-corrected chi connectivity index (χ1v) is 9.08. The Labute approximate surface area is 168 Å². The van der Waals surface area contributed by atoms with E-state index in [-0.39, 0.29) is 30.2 Å². The van der Waals surface area contributed by atoms with Gasteiger partial charge in [0.1, 0.15) is 5.82 Å². The van der Waals surface area contributed by atoms with Gasteiger partial charge in [0.05, 0.1) is 22.3 Å². The molecule has 1 fully saturated rings. The van der Waals surface area contributed by atoms with Crippen LogP contribution in [0.5, 0.6) is 0 Å². The molecule has 148 valence electrons. The fraction of sp³-hybridized carbons (Fsp3) is 0.350. The number of likely N-dealkylation sites (N-methyl/N-ethyl adjacent to an activating group) is 1. The molecular weight excluding hydrogens is 383 g/mol. The van der Waals surface area contributed by atoms with E-state index < -0.39 is 0 Å². The third-order valence-electron chi connectivity index (χ3n) is 4.88. The fourth-order valence-electron chi connectivity index (χ4n) is 3.00. The van der Waals surface area contributed by atoms with Crippen molar-refractivity contribution in [2.75, 3.05) is 13.6 Å². The maximum absolute atomic E-state index is 13.3. The van der Waals surface area contributed by atoms with E-state index >= 15 is 0 Å². The Bertz CT molecular complexity index is 986. The van der Waals surface area contributed by atoms with E-state index in [1.807, 2.05) is 14.0 Å². The van der Waals surface area contributed by atoms with Gasteiger partial charge < -0.3 is 15.2 Å². The van der Waals surface area contributed by atoms with Crippen LogP contribution in [0.15, 0.2) is 34.9 Å². The zero-order chi connectivity index (χ0) is 19.0. The summed E-state index contributed by atoms with van der Waals surface area (Å²) < 4.78 is 18.7. The molecule has 1 aliphatic carbocycles. The predicted molar refractivity (Wildman–Crippen MR) is 107 cm³/mol. The Balaban J connectivity index is 0.00000225. The van der Waals surface area contributed by atoms with E-state index in [1.165, 1.54) is 12.1 Å². The SMILES string of the molecule is CNC(C)CNC(=O)c1cc(-c2ccc(F)cc2)nc2onc(C3CC3)c12.Cl. The van der Waals surface area contributed by atoms with E-state index in [0.29, 0.717) is 40.4 Å². The monoisotopic (exact) mass is 404 g/mol. The standard InChI is InChI=1S/C20H21FN4O2.ClH/c1-11(22-2)10-23-19(26)15-9-16(12-5-7-14(21)8-6-12)24-20-17(15)18(25-27-20)13-3-4-13;/h5-9,11,13,22H,3-4,10H2,1-2H3,(H,23,26);1H. The number of carbonyl (C=O) groups excluding carboxylic acids is 1. The molecule has 1 amide bonds. The van der Waals surface area contributed by atoms with Gasteiger partial charge in [-0.15, -0.1) is 12.4 Å². The highest BCUT2D eigenvalue weighted by atomic mass is 35.5. The van der Waals surface area contributed by atoms with Gasteiger partial charge in [-0.3, -0.25) is 4.79 Å².